The Hall–Kier alpha value is 0.613. The molecule has 3 heteroatoms. The largest absolute Gasteiger partial charge is 2.00 e. The van der Waals surface area contributed by atoms with Crippen molar-refractivity contribution in [3.05, 3.63) is 22.9 Å². The summed E-state index contributed by atoms with van der Waals surface area (Å²) in [6, 6.07) is 4.77. The fourth-order valence-electron chi connectivity index (χ4n) is 0.196. The van der Waals surface area contributed by atoms with Gasteiger partial charge in [-0.2, -0.15) is 5.38 Å². The molecular weight excluding hydrogens is 181 g/mol. The van der Waals surface area contributed by atoms with E-state index in [9.17, 15) is 0 Å². The first-order chi connectivity index (χ1) is 2.50. The zero-order valence-electron chi connectivity index (χ0n) is 3.73. The van der Waals surface area contributed by atoms with Crippen LogP contribution in [-0.2, 0) is 19.5 Å². The van der Waals surface area contributed by atoms with Crippen LogP contribution in [0.1, 0.15) is 0 Å². The van der Waals surface area contributed by atoms with E-state index in [0.717, 1.165) is 0 Å². The van der Waals surface area contributed by atoms with Gasteiger partial charge in [-0.1, -0.05) is 0 Å². The molecule has 0 spiro atoms. The molecule has 0 aromatic carbocycles. The molecule has 0 N–H and O–H groups in total. The van der Waals surface area contributed by atoms with E-state index in [-0.39, 0.29) is 31.9 Å². The third-order valence-electron chi connectivity index (χ3n) is 0.379. The smallest absolute Gasteiger partial charge is 1.00 e. The molecular formula is C4H3ClSZn. The first kappa shape index (κ1) is 10.6. The van der Waals surface area contributed by atoms with Crippen LogP contribution in [0.4, 0.5) is 0 Å². The van der Waals surface area contributed by atoms with Crippen molar-refractivity contribution in [3.8, 4) is 0 Å². The summed E-state index contributed by atoms with van der Waals surface area (Å²) >= 11 is 1.66. The maximum absolute atomic E-state index is 2.88. The number of hydrogen-bond donors (Lipinski definition) is 0. The molecule has 1 heterocycles. The van der Waals surface area contributed by atoms with Crippen molar-refractivity contribution < 1.29 is 31.9 Å². The van der Waals surface area contributed by atoms with E-state index in [4.69, 9.17) is 0 Å². The normalized spacial score (nSPS) is 5.71. The van der Waals surface area contributed by atoms with Gasteiger partial charge in [0.2, 0.25) is 0 Å². The summed E-state index contributed by atoms with van der Waals surface area (Å²) in [5.41, 5.74) is 0. The molecule has 0 saturated carbocycles. The summed E-state index contributed by atoms with van der Waals surface area (Å²) in [4.78, 5) is 0. The average molecular weight is 184 g/mol. The van der Waals surface area contributed by atoms with Crippen LogP contribution in [0.25, 0.3) is 0 Å². The van der Waals surface area contributed by atoms with Crippen LogP contribution in [0.15, 0.2) is 16.8 Å². The van der Waals surface area contributed by atoms with Gasteiger partial charge in [-0.3, -0.25) is 11.3 Å². The molecule has 0 aliphatic rings. The molecule has 0 bridgehead atoms. The zero-order valence-corrected chi connectivity index (χ0v) is 8.26. The van der Waals surface area contributed by atoms with Crippen molar-refractivity contribution in [3.63, 3.8) is 0 Å². The predicted octanol–water partition coefficient (Wildman–Crippen LogP) is -1.45. The Morgan fingerprint density at radius 3 is 2.29 bits per heavy atom. The SMILES string of the molecule is [Cl-].[Zn+2].[c-]1ccsc1. The Labute approximate surface area is 66.1 Å². The second-order valence-corrected chi connectivity index (χ2v) is 1.50. The molecule has 1 aromatic rings. The van der Waals surface area contributed by atoms with Gasteiger partial charge in [0.25, 0.3) is 0 Å². The molecule has 0 atom stereocenters. The Balaban J connectivity index is 0. The van der Waals surface area contributed by atoms with Gasteiger partial charge in [-0.05, 0) is 0 Å². The Morgan fingerprint density at radius 1 is 1.43 bits per heavy atom. The Morgan fingerprint density at radius 2 is 2.14 bits per heavy atom. The van der Waals surface area contributed by atoms with Crippen molar-refractivity contribution >= 4 is 11.3 Å². The maximum atomic E-state index is 2.88. The van der Waals surface area contributed by atoms with Crippen molar-refractivity contribution in [1.29, 1.82) is 0 Å². The minimum Gasteiger partial charge on any atom is -1.00 e. The summed E-state index contributed by atoms with van der Waals surface area (Å²) in [7, 11) is 0. The molecule has 0 fully saturated rings. The zero-order chi connectivity index (χ0) is 3.54. The van der Waals surface area contributed by atoms with Gasteiger partial charge in [0.1, 0.15) is 0 Å². The van der Waals surface area contributed by atoms with E-state index in [2.05, 4.69) is 6.07 Å². The summed E-state index contributed by atoms with van der Waals surface area (Å²) in [5.74, 6) is 0. The third kappa shape index (κ3) is 4.47. The molecule has 0 radical (unpaired) electrons. The van der Waals surface area contributed by atoms with Crippen LogP contribution in [0.2, 0.25) is 0 Å². The van der Waals surface area contributed by atoms with E-state index in [0.29, 0.717) is 0 Å². The monoisotopic (exact) mass is 182 g/mol. The van der Waals surface area contributed by atoms with Crippen molar-refractivity contribution in [1.82, 2.24) is 0 Å². The Bertz CT molecular complexity index is 68.2. The summed E-state index contributed by atoms with van der Waals surface area (Å²) in [6.45, 7) is 0. The minimum atomic E-state index is 0. The number of halogens is 1. The van der Waals surface area contributed by atoms with Crippen LogP contribution < -0.4 is 12.4 Å². The third-order valence-corrected chi connectivity index (χ3v) is 0.944. The topological polar surface area (TPSA) is 0 Å². The Kier molecular flexibility index (Phi) is 9.98. The predicted molar refractivity (Wildman–Crippen MR) is 23.2 cm³/mol. The molecule has 0 aliphatic heterocycles. The van der Waals surface area contributed by atoms with E-state index >= 15 is 0 Å². The summed E-state index contributed by atoms with van der Waals surface area (Å²) < 4.78 is 0. The van der Waals surface area contributed by atoms with E-state index in [1.807, 2.05) is 16.8 Å². The fraction of sp³-hybridized carbons (Fsp3) is 0. The van der Waals surface area contributed by atoms with Gasteiger partial charge >= 0.3 is 19.5 Å². The number of hydrogen-bond acceptors (Lipinski definition) is 1. The van der Waals surface area contributed by atoms with Crippen LogP contribution >= 0.6 is 11.3 Å². The van der Waals surface area contributed by atoms with E-state index in [1.165, 1.54) is 0 Å². The van der Waals surface area contributed by atoms with E-state index < -0.39 is 0 Å². The second kappa shape index (κ2) is 6.61. The molecule has 34 valence electrons. The van der Waals surface area contributed by atoms with Crippen LogP contribution in [0.5, 0.6) is 0 Å². The maximum Gasteiger partial charge on any atom is 2.00 e. The molecule has 0 nitrogen and oxygen atoms in total. The molecule has 7 heavy (non-hydrogen) atoms. The number of rotatable bonds is 0. The molecule has 1 aromatic heterocycles. The summed E-state index contributed by atoms with van der Waals surface area (Å²) in [6.07, 6.45) is 0. The molecule has 1 rings (SSSR count). The van der Waals surface area contributed by atoms with Gasteiger partial charge in [0, 0.05) is 0 Å². The van der Waals surface area contributed by atoms with Crippen LogP contribution in [-0.4, -0.2) is 0 Å². The first-order valence-electron chi connectivity index (χ1n) is 1.38. The van der Waals surface area contributed by atoms with Gasteiger partial charge in [0.15, 0.2) is 0 Å². The van der Waals surface area contributed by atoms with Crippen molar-refractivity contribution in [2.75, 3.05) is 0 Å². The fourth-order valence-corrected chi connectivity index (χ4v) is 0.589. The minimum absolute atomic E-state index is 0. The van der Waals surface area contributed by atoms with Gasteiger partial charge in [-0.25, -0.2) is 12.1 Å². The van der Waals surface area contributed by atoms with Crippen LogP contribution in [0, 0.1) is 6.07 Å². The average Bonchev–Trinajstić information content (AvgIpc) is 1.76. The standard InChI is InChI=1S/C4H3S.ClH.Zn/c1-2-4-5-3-1;;/h1,3-4H;1H;/q-1;;+2/p-1. The van der Waals surface area contributed by atoms with Crippen molar-refractivity contribution in [2.45, 2.75) is 0 Å². The molecule has 0 amide bonds. The van der Waals surface area contributed by atoms with Gasteiger partial charge in [-0.15, -0.1) is 5.38 Å². The molecule has 0 unspecified atom stereocenters. The van der Waals surface area contributed by atoms with Crippen molar-refractivity contribution in [2.24, 2.45) is 0 Å². The van der Waals surface area contributed by atoms with E-state index in [1.54, 1.807) is 11.3 Å². The number of thiophene rings is 1. The van der Waals surface area contributed by atoms with Gasteiger partial charge < -0.3 is 12.4 Å². The second-order valence-electron chi connectivity index (χ2n) is 0.723. The quantitative estimate of drug-likeness (QED) is 0.342. The molecule has 0 saturated heterocycles. The van der Waals surface area contributed by atoms with Crippen LogP contribution in [0.3, 0.4) is 0 Å². The first-order valence-corrected chi connectivity index (χ1v) is 2.32. The molecule has 0 aliphatic carbocycles. The van der Waals surface area contributed by atoms with Gasteiger partial charge in [0.05, 0.1) is 0 Å². The summed E-state index contributed by atoms with van der Waals surface area (Å²) in [5, 5.41) is 3.90.